The van der Waals surface area contributed by atoms with Gasteiger partial charge in [-0.25, -0.2) is 13.2 Å². The van der Waals surface area contributed by atoms with E-state index < -0.39 is 28.5 Å². The highest BCUT2D eigenvalue weighted by molar-refractivity contribution is 7.89. The van der Waals surface area contributed by atoms with Crippen LogP contribution in [0, 0.1) is 0 Å². The number of esters is 1. The third kappa shape index (κ3) is 5.41. The predicted molar refractivity (Wildman–Crippen MR) is 96.2 cm³/mol. The van der Waals surface area contributed by atoms with Crippen LogP contribution in [0.15, 0.2) is 23.1 Å². The molecule has 1 saturated heterocycles. The predicted octanol–water partition coefficient (Wildman–Crippen LogP) is 0.399. The van der Waals surface area contributed by atoms with E-state index in [4.69, 9.17) is 14.2 Å². The zero-order valence-electron chi connectivity index (χ0n) is 15.4. The maximum atomic E-state index is 12.8. The molecule has 0 aromatic heterocycles. The van der Waals surface area contributed by atoms with Gasteiger partial charge < -0.3 is 19.5 Å². The molecule has 27 heavy (non-hydrogen) atoms. The van der Waals surface area contributed by atoms with Crippen molar-refractivity contribution >= 4 is 21.9 Å². The van der Waals surface area contributed by atoms with Crippen LogP contribution in [-0.4, -0.2) is 71.7 Å². The first-order valence-corrected chi connectivity index (χ1v) is 9.95. The number of sulfonamides is 1. The van der Waals surface area contributed by atoms with Gasteiger partial charge in [0.25, 0.3) is 5.91 Å². The van der Waals surface area contributed by atoms with Crippen molar-refractivity contribution in [1.82, 2.24) is 9.62 Å². The average molecular weight is 400 g/mol. The van der Waals surface area contributed by atoms with Crippen molar-refractivity contribution < 1.29 is 32.2 Å². The van der Waals surface area contributed by atoms with Gasteiger partial charge in [-0.05, 0) is 31.0 Å². The number of methoxy groups -OCH3 is 2. The maximum absolute atomic E-state index is 12.8. The standard InChI is InChI=1S/C17H24N2O7S/c1-24-10-7-18-16(20)12-26-17(21)13-5-6-14(25-2)15(11-13)27(22,23)19-8-3-4-9-19/h5-6,11H,3-4,7-10,12H2,1-2H3,(H,18,20). The van der Waals surface area contributed by atoms with Gasteiger partial charge in [0.1, 0.15) is 10.6 Å². The lowest BCUT2D eigenvalue weighted by atomic mass is 10.2. The summed E-state index contributed by atoms with van der Waals surface area (Å²) >= 11 is 0. The van der Waals surface area contributed by atoms with Crippen LogP contribution in [0.5, 0.6) is 5.75 Å². The number of carbonyl (C=O) groups is 2. The van der Waals surface area contributed by atoms with Crippen molar-refractivity contribution in [2.24, 2.45) is 0 Å². The average Bonchev–Trinajstić information content (AvgIpc) is 3.21. The molecular formula is C17H24N2O7S. The van der Waals surface area contributed by atoms with Crippen LogP contribution >= 0.6 is 0 Å². The van der Waals surface area contributed by atoms with Gasteiger partial charge in [0, 0.05) is 26.7 Å². The third-order valence-corrected chi connectivity index (χ3v) is 5.96. The van der Waals surface area contributed by atoms with Crippen molar-refractivity contribution in [3.63, 3.8) is 0 Å². The monoisotopic (exact) mass is 400 g/mol. The Morgan fingerprint density at radius 1 is 1.19 bits per heavy atom. The number of hydrogen-bond acceptors (Lipinski definition) is 7. The summed E-state index contributed by atoms with van der Waals surface area (Å²) in [6.45, 7) is 1.04. The summed E-state index contributed by atoms with van der Waals surface area (Å²) in [6, 6.07) is 4.02. The highest BCUT2D eigenvalue weighted by atomic mass is 32.2. The number of benzene rings is 1. The fourth-order valence-corrected chi connectivity index (χ4v) is 4.33. The molecule has 1 amide bonds. The van der Waals surface area contributed by atoms with Crippen molar-refractivity contribution in [1.29, 1.82) is 0 Å². The quantitative estimate of drug-likeness (QED) is 0.472. The van der Waals surface area contributed by atoms with Gasteiger partial charge in [-0.1, -0.05) is 0 Å². The number of carbonyl (C=O) groups excluding carboxylic acids is 2. The Morgan fingerprint density at radius 3 is 2.52 bits per heavy atom. The van der Waals surface area contributed by atoms with Crippen LogP contribution in [0.3, 0.4) is 0 Å². The normalized spacial score (nSPS) is 14.7. The second-order valence-electron chi connectivity index (χ2n) is 5.90. The second kappa shape index (κ2) is 9.67. The fourth-order valence-electron chi connectivity index (χ4n) is 2.63. The molecule has 0 saturated carbocycles. The zero-order valence-corrected chi connectivity index (χ0v) is 16.2. The van der Waals surface area contributed by atoms with E-state index >= 15 is 0 Å². The second-order valence-corrected chi connectivity index (χ2v) is 7.80. The molecule has 1 aliphatic heterocycles. The maximum Gasteiger partial charge on any atom is 0.338 e. The van der Waals surface area contributed by atoms with E-state index in [0.29, 0.717) is 26.2 Å². The van der Waals surface area contributed by atoms with Gasteiger partial charge in [0.2, 0.25) is 10.0 Å². The molecule has 0 spiro atoms. The minimum atomic E-state index is -3.78. The smallest absolute Gasteiger partial charge is 0.338 e. The highest BCUT2D eigenvalue weighted by Gasteiger charge is 2.30. The van der Waals surface area contributed by atoms with E-state index in [0.717, 1.165) is 12.8 Å². The summed E-state index contributed by atoms with van der Waals surface area (Å²) in [6.07, 6.45) is 1.59. The molecule has 1 fully saturated rings. The molecule has 2 rings (SSSR count). The Bertz CT molecular complexity index is 773. The topological polar surface area (TPSA) is 111 Å². The Kier molecular flexibility index (Phi) is 7.57. The molecule has 0 atom stereocenters. The number of ether oxygens (including phenoxy) is 3. The Hall–Kier alpha value is -2.17. The summed E-state index contributed by atoms with van der Waals surface area (Å²) in [4.78, 5) is 23.7. The summed E-state index contributed by atoms with van der Waals surface area (Å²) in [5, 5.41) is 2.52. The first kappa shape index (κ1) is 21.1. The van der Waals surface area contributed by atoms with E-state index in [9.17, 15) is 18.0 Å². The van der Waals surface area contributed by atoms with E-state index in [-0.39, 0.29) is 16.2 Å². The Morgan fingerprint density at radius 2 is 1.89 bits per heavy atom. The van der Waals surface area contributed by atoms with E-state index in [1.807, 2.05) is 0 Å². The van der Waals surface area contributed by atoms with Crippen LogP contribution in [0.2, 0.25) is 0 Å². The van der Waals surface area contributed by atoms with E-state index in [1.54, 1.807) is 0 Å². The SMILES string of the molecule is COCCNC(=O)COC(=O)c1ccc(OC)c(S(=O)(=O)N2CCCC2)c1. The van der Waals surface area contributed by atoms with Crippen LogP contribution in [0.25, 0.3) is 0 Å². The van der Waals surface area contributed by atoms with Gasteiger partial charge in [0.15, 0.2) is 6.61 Å². The molecule has 0 bridgehead atoms. The van der Waals surface area contributed by atoms with Gasteiger partial charge in [0.05, 0.1) is 19.3 Å². The molecular weight excluding hydrogens is 376 g/mol. The summed E-state index contributed by atoms with van der Waals surface area (Å²) in [5.74, 6) is -1.12. The van der Waals surface area contributed by atoms with Crippen molar-refractivity contribution in [3.8, 4) is 5.75 Å². The van der Waals surface area contributed by atoms with Gasteiger partial charge in [-0.15, -0.1) is 0 Å². The number of rotatable bonds is 9. The van der Waals surface area contributed by atoms with Crippen molar-refractivity contribution in [2.45, 2.75) is 17.7 Å². The number of nitrogens with one attached hydrogen (secondary N) is 1. The van der Waals surface area contributed by atoms with Crippen LogP contribution in [0.4, 0.5) is 0 Å². The summed E-state index contributed by atoms with van der Waals surface area (Å²) in [5.41, 5.74) is 0.0262. The van der Waals surface area contributed by atoms with Gasteiger partial charge in [-0.2, -0.15) is 4.31 Å². The number of hydrogen-bond donors (Lipinski definition) is 1. The zero-order chi connectivity index (χ0) is 19.9. The number of nitrogens with zero attached hydrogens (tertiary/aromatic N) is 1. The lowest BCUT2D eigenvalue weighted by Crippen LogP contribution is -2.31. The molecule has 1 aromatic rings. The summed E-state index contributed by atoms with van der Waals surface area (Å²) < 4.78 is 41.9. The first-order chi connectivity index (χ1) is 12.9. The summed E-state index contributed by atoms with van der Waals surface area (Å²) in [7, 11) is -0.911. The molecule has 1 aromatic carbocycles. The fraction of sp³-hybridized carbons (Fsp3) is 0.529. The van der Waals surface area contributed by atoms with Crippen LogP contribution in [-0.2, 0) is 24.3 Å². The third-order valence-electron chi connectivity index (χ3n) is 4.04. The molecule has 0 aliphatic carbocycles. The lowest BCUT2D eigenvalue weighted by molar-refractivity contribution is -0.124. The molecule has 150 valence electrons. The largest absolute Gasteiger partial charge is 0.495 e. The van der Waals surface area contributed by atoms with Crippen molar-refractivity contribution in [3.05, 3.63) is 23.8 Å². The van der Waals surface area contributed by atoms with Crippen molar-refractivity contribution in [2.75, 3.05) is 47.1 Å². The van der Waals surface area contributed by atoms with E-state index in [2.05, 4.69) is 5.32 Å². The molecule has 1 N–H and O–H groups in total. The molecule has 0 unspecified atom stereocenters. The lowest BCUT2D eigenvalue weighted by Gasteiger charge is -2.18. The molecule has 0 radical (unpaired) electrons. The Labute approximate surface area is 158 Å². The minimum absolute atomic E-state index is 0.0262. The molecule has 1 heterocycles. The first-order valence-electron chi connectivity index (χ1n) is 8.51. The highest BCUT2D eigenvalue weighted by Crippen LogP contribution is 2.30. The van der Waals surface area contributed by atoms with Gasteiger partial charge >= 0.3 is 5.97 Å². The van der Waals surface area contributed by atoms with Gasteiger partial charge in [-0.3, -0.25) is 4.79 Å². The molecule has 9 nitrogen and oxygen atoms in total. The Balaban J connectivity index is 2.11. The van der Waals surface area contributed by atoms with E-state index in [1.165, 1.54) is 36.7 Å². The number of amides is 1. The molecule has 10 heteroatoms. The molecule has 1 aliphatic rings. The van der Waals surface area contributed by atoms with Crippen LogP contribution < -0.4 is 10.1 Å². The van der Waals surface area contributed by atoms with Crippen LogP contribution in [0.1, 0.15) is 23.2 Å². The minimum Gasteiger partial charge on any atom is -0.495 e.